The number of phosphoric acid groups is 1. The number of furan rings is 1. The first-order valence-corrected chi connectivity index (χ1v) is 12.9. The number of carbonyl (C=O) groups excluding carboxylic acids is 1. The highest BCUT2D eigenvalue weighted by molar-refractivity contribution is 7.47. The van der Waals surface area contributed by atoms with Gasteiger partial charge in [0.15, 0.2) is 0 Å². The van der Waals surface area contributed by atoms with Crippen LogP contribution in [-0.2, 0) is 29.6 Å². The minimum absolute atomic E-state index is 0.0918. The lowest BCUT2D eigenvalue weighted by Crippen LogP contribution is -2.41. The number of amides is 1. The zero-order valence-corrected chi connectivity index (χ0v) is 20.7. The standard InChI is InChI=1S/C23H38NO8P/c1-18(2)7-4-5-14-31-33(28,29)32-16-13-21(23(26)27)24-22(25)11-10-19(3)8-6-9-20-12-15-30-17-20/h8,12,15,17-18,21H,4-7,9-11,13-14,16H2,1-3H3,(H,24,25)(H,26,27)(H,28,29)/b19-8+. The summed E-state index contributed by atoms with van der Waals surface area (Å²) in [6, 6.07) is 0.691. The minimum Gasteiger partial charge on any atom is -0.480 e. The normalized spacial score (nSPS) is 14.8. The van der Waals surface area contributed by atoms with E-state index in [2.05, 4.69) is 19.2 Å². The molecule has 2 atom stereocenters. The summed E-state index contributed by atoms with van der Waals surface area (Å²) in [4.78, 5) is 33.3. The number of hydrogen-bond donors (Lipinski definition) is 3. The van der Waals surface area contributed by atoms with E-state index in [0.29, 0.717) is 18.8 Å². The van der Waals surface area contributed by atoms with Crippen molar-refractivity contribution in [2.75, 3.05) is 13.2 Å². The molecular formula is C23H38NO8P. The molecule has 33 heavy (non-hydrogen) atoms. The molecular weight excluding hydrogens is 449 g/mol. The molecule has 3 N–H and O–H groups in total. The molecule has 9 nitrogen and oxygen atoms in total. The van der Waals surface area contributed by atoms with E-state index in [1.54, 1.807) is 12.5 Å². The first-order chi connectivity index (χ1) is 15.6. The second kappa shape index (κ2) is 15.8. The van der Waals surface area contributed by atoms with Crippen LogP contribution in [0, 0.1) is 5.92 Å². The van der Waals surface area contributed by atoms with Crippen molar-refractivity contribution in [2.45, 2.75) is 78.2 Å². The molecule has 0 fully saturated rings. The van der Waals surface area contributed by atoms with E-state index >= 15 is 0 Å². The van der Waals surface area contributed by atoms with Gasteiger partial charge in [-0.3, -0.25) is 13.8 Å². The number of aliphatic carboxylic acids is 1. The molecule has 0 aliphatic heterocycles. The van der Waals surface area contributed by atoms with Crippen LogP contribution in [0.15, 0.2) is 34.7 Å². The lowest BCUT2D eigenvalue weighted by atomic mass is 10.1. The Bertz CT molecular complexity index is 775. The summed E-state index contributed by atoms with van der Waals surface area (Å²) >= 11 is 0. The topological polar surface area (TPSA) is 135 Å². The summed E-state index contributed by atoms with van der Waals surface area (Å²) < 4.78 is 26.7. The summed E-state index contributed by atoms with van der Waals surface area (Å²) in [5.74, 6) is -1.08. The average Bonchev–Trinajstić information content (AvgIpc) is 3.24. The lowest BCUT2D eigenvalue weighted by molar-refractivity contribution is -0.142. The van der Waals surface area contributed by atoms with E-state index < -0.39 is 25.7 Å². The fourth-order valence-electron chi connectivity index (χ4n) is 3.01. The summed E-state index contributed by atoms with van der Waals surface area (Å²) in [6.07, 6.45) is 10.1. The molecule has 0 bridgehead atoms. The van der Waals surface area contributed by atoms with Gasteiger partial charge < -0.3 is 19.7 Å². The van der Waals surface area contributed by atoms with Crippen LogP contribution in [0.4, 0.5) is 0 Å². The molecule has 0 spiro atoms. The van der Waals surface area contributed by atoms with Crippen LogP contribution in [-0.4, -0.2) is 41.1 Å². The number of carbonyl (C=O) groups is 2. The molecule has 1 aromatic rings. The van der Waals surface area contributed by atoms with Crippen LogP contribution in [0.1, 0.15) is 71.3 Å². The third-order valence-corrected chi connectivity index (χ3v) is 5.99. The van der Waals surface area contributed by atoms with E-state index in [0.717, 1.165) is 36.8 Å². The Hall–Kier alpha value is -1.93. The Kier molecular flexibility index (Phi) is 14.0. The smallest absolute Gasteiger partial charge is 0.472 e. The van der Waals surface area contributed by atoms with Gasteiger partial charge in [-0.15, -0.1) is 0 Å². The Labute approximate surface area is 196 Å². The quantitative estimate of drug-likeness (QED) is 0.152. The molecule has 0 radical (unpaired) electrons. The molecule has 0 aliphatic carbocycles. The van der Waals surface area contributed by atoms with Gasteiger partial charge in [0.05, 0.1) is 25.7 Å². The molecule has 10 heteroatoms. The molecule has 1 heterocycles. The van der Waals surface area contributed by atoms with Crippen molar-refractivity contribution < 1.29 is 37.6 Å². The first kappa shape index (κ1) is 29.1. The molecule has 1 rings (SSSR count). The Morgan fingerprint density at radius 3 is 2.55 bits per heavy atom. The second-order valence-electron chi connectivity index (χ2n) is 8.49. The molecule has 0 saturated heterocycles. The van der Waals surface area contributed by atoms with Crippen LogP contribution < -0.4 is 5.32 Å². The van der Waals surface area contributed by atoms with Gasteiger partial charge in [-0.05, 0) is 50.2 Å². The number of aryl methyl sites for hydroxylation is 1. The van der Waals surface area contributed by atoms with E-state index in [1.165, 1.54) is 0 Å². The Morgan fingerprint density at radius 2 is 1.91 bits per heavy atom. The van der Waals surface area contributed by atoms with Crippen molar-refractivity contribution in [3.05, 3.63) is 35.8 Å². The van der Waals surface area contributed by atoms with Crippen LogP contribution in [0.5, 0.6) is 0 Å². The highest BCUT2D eigenvalue weighted by Gasteiger charge is 2.24. The summed E-state index contributed by atoms with van der Waals surface area (Å²) in [7, 11) is -4.25. The Balaban J connectivity index is 2.29. The van der Waals surface area contributed by atoms with Crippen molar-refractivity contribution in [2.24, 2.45) is 5.92 Å². The molecule has 0 saturated carbocycles. The maximum Gasteiger partial charge on any atom is 0.472 e. The molecule has 0 aromatic carbocycles. The minimum atomic E-state index is -4.25. The van der Waals surface area contributed by atoms with Crippen LogP contribution in [0.25, 0.3) is 0 Å². The number of allylic oxidation sites excluding steroid dienone is 2. The van der Waals surface area contributed by atoms with E-state index in [9.17, 15) is 24.2 Å². The molecule has 0 aliphatic rings. The molecule has 188 valence electrons. The highest BCUT2D eigenvalue weighted by Crippen LogP contribution is 2.43. The van der Waals surface area contributed by atoms with E-state index in [-0.39, 0.29) is 26.1 Å². The van der Waals surface area contributed by atoms with Gasteiger partial charge in [0.25, 0.3) is 0 Å². The van der Waals surface area contributed by atoms with Gasteiger partial charge in [0.2, 0.25) is 5.91 Å². The number of carboxylic acids is 1. The van der Waals surface area contributed by atoms with Gasteiger partial charge in [0.1, 0.15) is 6.04 Å². The van der Waals surface area contributed by atoms with E-state index in [1.807, 2.05) is 19.1 Å². The van der Waals surface area contributed by atoms with Crippen molar-refractivity contribution in [3.8, 4) is 0 Å². The summed E-state index contributed by atoms with van der Waals surface area (Å²) in [5, 5.41) is 11.8. The SMILES string of the molecule is C/C(=C\CCc1ccoc1)CCC(=O)NC(CCOP(=O)(O)OCCCCC(C)C)C(=O)O. The number of phosphoric ester groups is 1. The number of unbranched alkanes of at least 4 members (excludes halogenated alkanes) is 1. The third-order valence-electron chi connectivity index (χ3n) is 4.98. The van der Waals surface area contributed by atoms with Crippen LogP contribution >= 0.6 is 7.82 Å². The van der Waals surface area contributed by atoms with Crippen LogP contribution in [0.3, 0.4) is 0 Å². The maximum absolute atomic E-state index is 12.1. The predicted octanol–water partition coefficient (Wildman–Crippen LogP) is 4.86. The van der Waals surface area contributed by atoms with E-state index in [4.69, 9.17) is 13.5 Å². The van der Waals surface area contributed by atoms with Crippen molar-refractivity contribution >= 4 is 19.7 Å². The monoisotopic (exact) mass is 487 g/mol. The summed E-state index contributed by atoms with van der Waals surface area (Å²) in [6.45, 7) is 5.88. The van der Waals surface area contributed by atoms with Crippen molar-refractivity contribution in [3.63, 3.8) is 0 Å². The molecule has 2 unspecified atom stereocenters. The highest BCUT2D eigenvalue weighted by atomic mass is 31.2. The fourth-order valence-corrected chi connectivity index (χ4v) is 3.79. The van der Waals surface area contributed by atoms with Gasteiger partial charge in [-0.25, -0.2) is 9.36 Å². The van der Waals surface area contributed by atoms with Gasteiger partial charge in [-0.2, -0.15) is 0 Å². The number of hydrogen-bond acceptors (Lipinski definition) is 6. The molecule has 1 amide bonds. The predicted molar refractivity (Wildman–Crippen MR) is 125 cm³/mol. The number of rotatable bonds is 18. The van der Waals surface area contributed by atoms with Gasteiger partial charge in [-0.1, -0.05) is 38.3 Å². The summed E-state index contributed by atoms with van der Waals surface area (Å²) in [5.41, 5.74) is 2.14. The fraction of sp³-hybridized carbons (Fsp3) is 0.652. The lowest BCUT2D eigenvalue weighted by Gasteiger charge is -2.16. The largest absolute Gasteiger partial charge is 0.480 e. The van der Waals surface area contributed by atoms with Gasteiger partial charge >= 0.3 is 13.8 Å². The first-order valence-electron chi connectivity index (χ1n) is 11.4. The zero-order valence-electron chi connectivity index (χ0n) is 19.8. The van der Waals surface area contributed by atoms with Crippen molar-refractivity contribution in [1.82, 2.24) is 5.32 Å². The second-order valence-corrected chi connectivity index (χ2v) is 9.95. The molecule has 1 aromatic heterocycles. The van der Waals surface area contributed by atoms with Gasteiger partial charge in [0, 0.05) is 12.8 Å². The number of carboxylic acid groups (broad SMARTS) is 1. The third kappa shape index (κ3) is 14.8. The Morgan fingerprint density at radius 1 is 1.18 bits per heavy atom. The maximum atomic E-state index is 12.1. The van der Waals surface area contributed by atoms with Crippen LogP contribution in [0.2, 0.25) is 0 Å². The number of nitrogens with one attached hydrogen (secondary N) is 1. The van der Waals surface area contributed by atoms with Crippen molar-refractivity contribution in [1.29, 1.82) is 0 Å². The zero-order chi connectivity index (χ0) is 24.7. The average molecular weight is 488 g/mol.